The number of hydrogen-bond donors (Lipinski definition) is 2. The van der Waals surface area contributed by atoms with Crippen LogP contribution in [0.15, 0.2) is 24.3 Å². The normalized spacial score (nSPS) is 28.3. The van der Waals surface area contributed by atoms with Crippen molar-refractivity contribution in [2.75, 3.05) is 13.6 Å². The molecule has 1 heterocycles. The van der Waals surface area contributed by atoms with Crippen molar-refractivity contribution in [1.82, 2.24) is 4.90 Å². The van der Waals surface area contributed by atoms with Crippen LogP contribution in [0.2, 0.25) is 5.02 Å². The average molecular weight is 284 g/mol. The van der Waals surface area contributed by atoms with Gasteiger partial charge >= 0.3 is 5.97 Å². The molecule has 1 aliphatic rings. The molecule has 0 aliphatic carbocycles. The van der Waals surface area contributed by atoms with Gasteiger partial charge in [0.05, 0.1) is 12.0 Å². The van der Waals surface area contributed by atoms with Crippen molar-refractivity contribution in [3.8, 4) is 0 Å². The minimum absolute atomic E-state index is 0.143. The number of aliphatic hydroxyl groups is 1. The number of aliphatic carboxylic acids is 1. The molecule has 104 valence electrons. The highest BCUT2D eigenvalue weighted by Gasteiger charge is 2.36. The Hall–Kier alpha value is -1.10. The SMILES string of the molecule is CN1CC(C(=O)O)C(O)CC1Cc1cccc(Cl)c1. The molecule has 1 aromatic carbocycles. The molecule has 1 aliphatic heterocycles. The predicted octanol–water partition coefficient (Wildman–Crippen LogP) is 1.65. The number of nitrogens with zero attached hydrogens (tertiary/aromatic N) is 1. The van der Waals surface area contributed by atoms with E-state index in [-0.39, 0.29) is 6.04 Å². The van der Waals surface area contributed by atoms with Gasteiger partial charge < -0.3 is 15.1 Å². The molecule has 4 nitrogen and oxygen atoms in total. The summed E-state index contributed by atoms with van der Waals surface area (Å²) >= 11 is 5.95. The van der Waals surface area contributed by atoms with Crippen LogP contribution >= 0.6 is 11.6 Å². The summed E-state index contributed by atoms with van der Waals surface area (Å²) < 4.78 is 0. The van der Waals surface area contributed by atoms with Crippen molar-refractivity contribution in [2.24, 2.45) is 5.92 Å². The van der Waals surface area contributed by atoms with Crippen LogP contribution in [0.4, 0.5) is 0 Å². The Kier molecular flexibility index (Phi) is 4.45. The topological polar surface area (TPSA) is 60.8 Å². The maximum absolute atomic E-state index is 11.0. The number of rotatable bonds is 3. The van der Waals surface area contributed by atoms with Gasteiger partial charge in [0.15, 0.2) is 0 Å². The van der Waals surface area contributed by atoms with Crippen LogP contribution < -0.4 is 0 Å². The van der Waals surface area contributed by atoms with Gasteiger partial charge in [0.25, 0.3) is 0 Å². The molecule has 0 radical (unpaired) electrons. The minimum Gasteiger partial charge on any atom is -0.481 e. The zero-order chi connectivity index (χ0) is 14.0. The highest BCUT2D eigenvalue weighted by atomic mass is 35.5. The molecule has 19 heavy (non-hydrogen) atoms. The van der Waals surface area contributed by atoms with Gasteiger partial charge in [-0.15, -0.1) is 0 Å². The number of likely N-dealkylation sites (N-methyl/N-ethyl adjacent to an activating group) is 1. The van der Waals surface area contributed by atoms with E-state index in [1.54, 1.807) is 0 Å². The lowest BCUT2D eigenvalue weighted by molar-refractivity contribution is -0.149. The van der Waals surface area contributed by atoms with Gasteiger partial charge in [-0.05, 0) is 37.6 Å². The van der Waals surface area contributed by atoms with Crippen molar-refractivity contribution in [3.63, 3.8) is 0 Å². The second kappa shape index (κ2) is 5.90. The molecule has 2 N–H and O–H groups in total. The van der Waals surface area contributed by atoms with Crippen LogP contribution in [-0.2, 0) is 11.2 Å². The highest BCUT2D eigenvalue weighted by Crippen LogP contribution is 2.25. The van der Waals surface area contributed by atoms with E-state index in [9.17, 15) is 9.90 Å². The third-order valence-electron chi connectivity index (χ3n) is 3.76. The van der Waals surface area contributed by atoms with Crippen LogP contribution in [0.3, 0.4) is 0 Å². The van der Waals surface area contributed by atoms with E-state index >= 15 is 0 Å². The summed E-state index contributed by atoms with van der Waals surface area (Å²) in [6.45, 7) is 0.377. The van der Waals surface area contributed by atoms with Crippen molar-refractivity contribution < 1.29 is 15.0 Å². The largest absolute Gasteiger partial charge is 0.481 e. The summed E-state index contributed by atoms with van der Waals surface area (Å²) in [7, 11) is 1.90. The van der Waals surface area contributed by atoms with Crippen molar-refractivity contribution in [2.45, 2.75) is 25.0 Å². The van der Waals surface area contributed by atoms with E-state index in [1.165, 1.54) is 0 Å². The Morgan fingerprint density at radius 3 is 2.89 bits per heavy atom. The number of piperidine rings is 1. The van der Waals surface area contributed by atoms with Gasteiger partial charge in [0.2, 0.25) is 0 Å². The Labute approximate surface area is 117 Å². The van der Waals surface area contributed by atoms with E-state index in [0.717, 1.165) is 12.0 Å². The molecule has 0 saturated carbocycles. The number of benzene rings is 1. The summed E-state index contributed by atoms with van der Waals surface area (Å²) in [5, 5.41) is 19.7. The van der Waals surface area contributed by atoms with Gasteiger partial charge in [0, 0.05) is 17.6 Å². The number of aliphatic hydroxyl groups excluding tert-OH is 1. The molecule has 3 atom stereocenters. The van der Waals surface area contributed by atoms with Gasteiger partial charge in [-0.25, -0.2) is 0 Å². The number of carbonyl (C=O) groups is 1. The van der Waals surface area contributed by atoms with Crippen molar-refractivity contribution in [3.05, 3.63) is 34.9 Å². The first-order valence-electron chi connectivity index (χ1n) is 6.33. The Morgan fingerprint density at radius 1 is 1.53 bits per heavy atom. The zero-order valence-corrected chi connectivity index (χ0v) is 11.5. The van der Waals surface area contributed by atoms with E-state index < -0.39 is 18.0 Å². The molecule has 5 heteroatoms. The Bertz CT molecular complexity index is 466. The number of halogens is 1. The van der Waals surface area contributed by atoms with Crippen LogP contribution in [-0.4, -0.2) is 46.8 Å². The first-order chi connectivity index (χ1) is 8.97. The second-order valence-corrected chi connectivity index (χ2v) is 5.61. The lowest BCUT2D eigenvalue weighted by Gasteiger charge is -2.38. The zero-order valence-electron chi connectivity index (χ0n) is 10.8. The summed E-state index contributed by atoms with van der Waals surface area (Å²) in [5.41, 5.74) is 1.10. The van der Waals surface area contributed by atoms with E-state index in [2.05, 4.69) is 0 Å². The number of carboxylic acids is 1. The van der Waals surface area contributed by atoms with E-state index in [0.29, 0.717) is 18.0 Å². The average Bonchev–Trinajstić information content (AvgIpc) is 2.33. The third-order valence-corrected chi connectivity index (χ3v) is 4.00. The highest BCUT2D eigenvalue weighted by molar-refractivity contribution is 6.30. The summed E-state index contributed by atoms with van der Waals surface area (Å²) in [6, 6.07) is 7.77. The maximum Gasteiger partial charge on any atom is 0.310 e. The van der Waals surface area contributed by atoms with Crippen LogP contribution in [0, 0.1) is 5.92 Å². The fourth-order valence-electron chi connectivity index (χ4n) is 2.62. The van der Waals surface area contributed by atoms with Gasteiger partial charge in [-0.1, -0.05) is 23.7 Å². The van der Waals surface area contributed by atoms with Crippen LogP contribution in [0.5, 0.6) is 0 Å². The van der Waals surface area contributed by atoms with Crippen LogP contribution in [0.1, 0.15) is 12.0 Å². The number of hydrogen-bond acceptors (Lipinski definition) is 3. The standard InChI is InChI=1S/C14H18ClNO3/c1-16-8-12(14(18)19)13(17)7-11(16)6-9-3-2-4-10(15)5-9/h2-5,11-13,17H,6-8H2,1H3,(H,18,19). The molecular weight excluding hydrogens is 266 g/mol. The maximum atomic E-state index is 11.0. The first-order valence-corrected chi connectivity index (χ1v) is 6.70. The van der Waals surface area contributed by atoms with Gasteiger partial charge in [-0.2, -0.15) is 0 Å². The molecule has 0 aromatic heterocycles. The quantitative estimate of drug-likeness (QED) is 0.885. The lowest BCUT2D eigenvalue weighted by Crippen LogP contribution is -2.50. The van der Waals surface area contributed by atoms with Crippen molar-refractivity contribution >= 4 is 17.6 Å². The molecule has 1 aromatic rings. The van der Waals surface area contributed by atoms with Gasteiger partial charge in [-0.3, -0.25) is 4.79 Å². The molecule has 0 amide bonds. The number of likely N-dealkylation sites (tertiary alicyclic amines) is 1. The Balaban J connectivity index is 2.04. The summed E-state index contributed by atoms with van der Waals surface area (Å²) in [4.78, 5) is 13.0. The molecular formula is C14H18ClNO3. The summed E-state index contributed by atoms with van der Waals surface area (Å²) in [6.07, 6.45) is 0.457. The molecule has 0 bridgehead atoms. The summed E-state index contributed by atoms with van der Waals surface area (Å²) in [5.74, 6) is -1.62. The Morgan fingerprint density at radius 2 is 2.26 bits per heavy atom. The lowest BCUT2D eigenvalue weighted by atomic mass is 9.87. The predicted molar refractivity (Wildman–Crippen MR) is 73.3 cm³/mol. The van der Waals surface area contributed by atoms with Gasteiger partial charge in [0.1, 0.15) is 0 Å². The first kappa shape index (κ1) is 14.3. The third kappa shape index (κ3) is 3.47. The van der Waals surface area contributed by atoms with E-state index in [4.69, 9.17) is 16.7 Å². The monoisotopic (exact) mass is 283 g/mol. The fourth-order valence-corrected chi connectivity index (χ4v) is 2.83. The molecule has 1 saturated heterocycles. The van der Waals surface area contributed by atoms with Crippen molar-refractivity contribution in [1.29, 1.82) is 0 Å². The second-order valence-electron chi connectivity index (χ2n) is 5.18. The number of carboxylic acid groups (broad SMARTS) is 1. The smallest absolute Gasteiger partial charge is 0.310 e. The van der Waals surface area contributed by atoms with Crippen LogP contribution in [0.25, 0.3) is 0 Å². The minimum atomic E-state index is -0.930. The van der Waals surface area contributed by atoms with E-state index in [1.807, 2.05) is 36.2 Å². The molecule has 2 rings (SSSR count). The molecule has 0 spiro atoms. The molecule has 3 unspecified atom stereocenters. The molecule has 1 fully saturated rings. The fraction of sp³-hybridized carbons (Fsp3) is 0.500.